The van der Waals surface area contributed by atoms with Crippen molar-refractivity contribution < 1.29 is 9.90 Å². The monoisotopic (exact) mass is 348 g/mol. The smallest absolute Gasteiger partial charge is 0.223 e. The highest BCUT2D eigenvalue weighted by molar-refractivity contribution is 6.30. The van der Waals surface area contributed by atoms with Crippen molar-refractivity contribution in [1.82, 2.24) is 20.7 Å². The summed E-state index contributed by atoms with van der Waals surface area (Å²) in [6, 6.07) is 7.07. The third-order valence-corrected chi connectivity index (χ3v) is 5.02. The highest BCUT2D eigenvalue weighted by Crippen LogP contribution is 2.27. The van der Waals surface area contributed by atoms with E-state index in [1.54, 1.807) is 24.3 Å². The van der Waals surface area contributed by atoms with Crippen LogP contribution in [-0.2, 0) is 23.2 Å². The zero-order chi connectivity index (χ0) is 17.2. The van der Waals surface area contributed by atoms with Crippen LogP contribution in [0.25, 0.3) is 0 Å². The Hall–Kier alpha value is -1.92. The van der Waals surface area contributed by atoms with Gasteiger partial charge in [-0.3, -0.25) is 4.79 Å². The summed E-state index contributed by atoms with van der Waals surface area (Å²) in [6.07, 6.45) is 2.58. The van der Waals surface area contributed by atoms with Crippen LogP contribution in [0.2, 0.25) is 5.02 Å². The van der Waals surface area contributed by atoms with Crippen LogP contribution >= 0.6 is 11.6 Å². The van der Waals surface area contributed by atoms with E-state index in [9.17, 15) is 9.90 Å². The third-order valence-electron chi connectivity index (χ3n) is 4.76. The zero-order valence-electron chi connectivity index (χ0n) is 13.6. The second-order valence-electron chi connectivity index (χ2n) is 6.27. The van der Waals surface area contributed by atoms with Gasteiger partial charge in [0, 0.05) is 17.4 Å². The van der Waals surface area contributed by atoms with E-state index in [-0.39, 0.29) is 18.4 Å². The minimum absolute atomic E-state index is 0.0514. The number of hydrogen-bond donors (Lipinski definition) is 3. The quantitative estimate of drug-likeness (QED) is 0.770. The topological polar surface area (TPSA) is 90.9 Å². The maximum Gasteiger partial charge on any atom is 0.223 e. The molecule has 0 aliphatic heterocycles. The fourth-order valence-corrected chi connectivity index (χ4v) is 3.20. The molecule has 1 heterocycles. The number of rotatable bonds is 5. The number of nitrogens with zero attached hydrogens (tertiary/aromatic N) is 2. The lowest BCUT2D eigenvalue weighted by Crippen LogP contribution is -2.43. The Balaban J connectivity index is 1.63. The van der Waals surface area contributed by atoms with E-state index < -0.39 is 5.60 Å². The summed E-state index contributed by atoms with van der Waals surface area (Å²) in [5.74, 6) is -0.182. The van der Waals surface area contributed by atoms with Crippen molar-refractivity contribution in [3.8, 4) is 0 Å². The second kappa shape index (κ2) is 6.91. The van der Waals surface area contributed by atoms with Gasteiger partial charge < -0.3 is 10.4 Å². The lowest BCUT2D eigenvalue weighted by atomic mass is 9.88. The number of aryl methyl sites for hydroxylation is 1. The van der Waals surface area contributed by atoms with Crippen LogP contribution in [0.1, 0.15) is 36.7 Å². The molecule has 0 unspecified atom stereocenters. The van der Waals surface area contributed by atoms with Gasteiger partial charge in [-0.15, -0.1) is 0 Å². The Morgan fingerprint density at radius 3 is 2.79 bits per heavy atom. The molecule has 0 saturated carbocycles. The van der Waals surface area contributed by atoms with Crippen LogP contribution < -0.4 is 5.32 Å². The molecule has 0 fully saturated rings. The molecule has 0 saturated heterocycles. The Morgan fingerprint density at radius 1 is 1.38 bits per heavy atom. The molecule has 1 aliphatic rings. The fourth-order valence-electron chi connectivity index (χ4n) is 3.08. The van der Waals surface area contributed by atoms with E-state index in [1.807, 2.05) is 6.92 Å². The Bertz CT molecular complexity index is 716. The molecule has 7 heteroatoms. The molecule has 0 spiro atoms. The van der Waals surface area contributed by atoms with Crippen LogP contribution in [0.3, 0.4) is 0 Å². The summed E-state index contributed by atoms with van der Waals surface area (Å²) >= 11 is 5.90. The number of fused-ring (bicyclic) bond motifs is 1. The number of aromatic amines is 1. The van der Waals surface area contributed by atoms with Crippen molar-refractivity contribution in [2.24, 2.45) is 5.92 Å². The van der Waals surface area contributed by atoms with E-state index in [0.29, 0.717) is 17.9 Å². The van der Waals surface area contributed by atoms with Crippen molar-refractivity contribution in [3.63, 3.8) is 0 Å². The first-order valence-corrected chi connectivity index (χ1v) is 8.54. The SMILES string of the molecule is CC[C@@](O)(CNC(=O)[C@@H]1CCc2n[nH]nc2C1)c1ccc(Cl)cc1. The first-order chi connectivity index (χ1) is 11.5. The number of amides is 1. The number of nitrogens with one attached hydrogen (secondary N) is 2. The average Bonchev–Trinajstić information content (AvgIpc) is 3.07. The molecule has 1 amide bonds. The largest absolute Gasteiger partial charge is 0.383 e. The molecule has 2 atom stereocenters. The van der Waals surface area contributed by atoms with Gasteiger partial charge in [0.05, 0.1) is 17.9 Å². The fraction of sp³-hybridized carbons (Fsp3) is 0.471. The van der Waals surface area contributed by atoms with Crippen molar-refractivity contribution >= 4 is 17.5 Å². The molecule has 1 aliphatic carbocycles. The third kappa shape index (κ3) is 3.44. The summed E-state index contributed by atoms with van der Waals surface area (Å²) in [7, 11) is 0. The molecule has 6 nitrogen and oxygen atoms in total. The number of carbonyl (C=O) groups is 1. The van der Waals surface area contributed by atoms with Gasteiger partial charge in [0.15, 0.2) is 0 Å². The van der Waals surface area contributed by atoms with E-state index >= 15 is 0 Å². The maximum absolute atomic E-state index is 12.5. The highest BCUT2D eigenvalue weighted by Gasteiger charge is 2.31. The summed E-state index contributed by atoms with van der Waals surface area (Å²) in [4.78, 5) is 12.5. The van der Waals surface area contributed by atoms with E-state index in [2.05, 4.69) is 20.7 Å². The molecule has 128 valence electrons. The Labute approximate surface area is 145 Å². The molecule has 3 N–H and O–H groups in total. The first-order valence-electron chi connectivity index (χ1n) is 8.16. The molecule has 3 rings (SSSR count). The van der Waals surface area contributed by atoms with Crippen LogP contribution in [-0.4, -0.2) is 33.0 Å². The van der Waals surface area contributed by atoms with Crippen LogP contribution in [0, 0.1) is 5.92 Å². The summed E-state index contributed by atoms with van der Waals surface area (Å²) in [6.45, 7) is 2.06. The lowest BCUT2D eigenvalue weighted by molar-refractivity contribution is -0.126. The normalized spacial score (nSPS) is 19.4. The number of halogens is 1. The average molecular weight is 349 g/mol. The number of benzene rings is 1. The van der Waals surface area contributed by atoms with Gasteiger partial charge in [0.2, 0.25) is 5.91 Å². The standard InChI is InChI=1S/C17H21ClN4O2/c1-2-17(24,12-4-6-13(18)7-5-12)10-19-16(23)11-3-8-14-15(9-11)21-22-20-14/h4-7,11,24H,2-3,8-10H2,1H3,(H,19,23)(H,20,21,22)/t11-,17-/m1/s1. The van der Waals surface area contributed by atoms with E-state index in [0.717, 1.165) is 29.8 Å². The second-order valence-corrected chi connectivity index (χ2v) is 6.70. The molecule has 2 aromatic rings. The van der Waals surface area contributed by atoms with Crippen molar-refractivity contribution in [2.45, 2.75) is 38.2 Å². The highest BCUT2D eigenvalue weighted by atomic mass is 35.5. The molecule has 1 aromatic heterocycles. The maximum atomic E-state index is 12.5. The van der Waals surface area contributed by atoms with Gasteiger partial charge in [-0.25, -0.2) is 0 Å². The van der Waals surface area contributed by atoms with Crippen LogP contribution in [0.5, 0.6) is 0 Å². The van der Waals surface area contributed by atoms with Gasteiger partial charge in [0.25, 0.3) is 0 Å². The summed E-state index contributed by atoms with van der Waals surface area (Å²) in [5, 5.41) is 25.2. The van der Waals surface area contributed by atoms with Crippen LogP contribution in [0.4, 0.5) is 0 Å². The summed E-state index contributed by atoms with van der Waals surface area (Å²) < 4.78 is 0. The van der Waals surface area contributed by atoms with Crippen molar-refractivity contribution in [3.05, 3.63) is 46.2 Å². The van der Waals surface area contributed by atoms with Gasteiger partial charge in [0.1, 0.15) is 5.60 Å². The molecule has 0 radical (unpaired) electrons. The number of H-pyrrole nitrogens is 1. The number of carbonyl (C=O) groups excluding carboxylic acids is 1. The lowest BCUT2D eigenvalue weighted by Gasteiger charge is -2.29. The molecule has 24 heavy (non-hydrogen) atoms. The van der Waals surface area contributed by atoms with Crippen molar-refractivity contribution in [1.29, 1.82) is 0 Å². The molecular weight excluding hydrogens is 328 g/mol. The molecule has 0 bridgehead atoms. The van der Waals surface area contributed by atoms with Gasteiger partial charge >= 0.3 is 0 Å². The van der Waals surface area contributed by atoms with Crippen LogP contribution in [0.15, 0.2) is 24.3 Å². The summed E-state index contributed by atoms with van der Waals surface area (Å²) in [5.41, 5.74) is 1.46. The number of hydrogen-bond acceptors (Lipinski definition) is 4. The first kappa shape index (κ1) is 16.9. The van der Waals surface area contributed by atoms with E-state index in [4.69, 9.17) is 11.6 Å². The van der Waals surface area contributed by atoms with E-state index in [1.165, 1.54) is 0 Å². The van der Waals surface area contributed by atoms with Gasteiger partial charge in [-0.2, -0.15) is 15.4 Å². The van der Waals surface area contributed by atoms with Crippen molar-refractivity contribution in [2.75, 3.05) is 6.54 Å². The minimum Gasteiger partial charge on any atom is -0.383 e. The number of aliphatic hydroxyl groups is 1. The Morgan fingerprint density at radius 2 is 2.08 bits per heavy atom. The molecule has 1 aromatic carbocycles. The molecular formula is C17H21ClN4O2. The predicted octanol–water partition coefficient (Wildman–Crippen LogP) is 1.98. The zero-order valence-corrected chi connectivity index (χ0v) is 14.3. The van der Waals surface area contributed by atoms with Gasteiger partial charge in [-0.05, 0) is 37.0 Å². The predicted molar refractivity (Wildman–Crippen MR) is 90.5 cm³/mol. The Kier molecular flexibility index (Phi) is 4.87. The minimum atomic E-state index is -1.10. The number of aromatic nitrogens is 3. The van der Waals surface area contributed by atoms with Gasteiger partial charge in [-0.1, -0.05) is 30.7 Å².